The maximum absolute atomic E-state index is 6.24. The summed E-state index contributed by atoms with van der Waals surface area (Å²) >= 11 is 0. The second kappa shape index (κ2) is 9.90. The first kappa shape index (κ1) is 20.1. The molecule has 0 N–H and O–H groups in total. The summed E-state index contributed by atoms with van der Waals surface area (Å²) in [5.74, 6) is 0. The molecule has 5 heteroatoms. The summed E-state index contributed by atoms with van der Waals surface area (Å²) in [4.78, 5) is 0. The summed E-state index contributed by atoms with van der Waals surface area (Å²) in [7, 11) is 3.96. The van der Waals surface area contributed by atoms with Gasteiger partial charge in [-0.1, -0.05) is 27.7 Å². The summed E-state index contributed by atoms with van der Waals surface area (Å²) in [6.07, 6.45) is 3.99. The van der Waals surface area contributed by atoms with Gasteiger partial charge in [-0.15, -0.1) is 0 Å². The van der Waals surface area contributed by atoms with E-state index in [2.05, 4.69) is 48.8 Å². The third-order valence-corrected chi connectivity index (χ3v) is 7.07. The van der Waals surface area contributed by atoms with Crippen molar-refractivity contribution in [1.29, 1.82) is 0 Å². The third-order valence-electron chi connectivity index (χ3n) is 3.25. The molecular weight excluding hydrogens is 270 g/mol. The Hall–Kier alpha value is 0.0569. The summed E-state index contributed by atoms with van der Waals surface area (Å²) < 4.78 is 19.5. The molecule has 0 aliphatic heterocycles. The van der Waals surface area contributed by atoms with E-state index >= 15 is 0 Å². The lowest BCUT2D eigenvalue weighted by Gasteiger charge is -2.42. The highest BCUT2D eigenvalue weighted by molar-refractivity contribution is 6.62. The second-order valence-electron chi connectivity index (χ2n) is 6.19. The van der Waals surface area contributed by atoms with Crippen molar-refractivity contribution in [3.63, 3.8) is 0 Å². The van der Waals surface area contributed by atoms with Crippen LogP contribution in [0.1, 0.15) is 53.4 Å². The minimum Gasteiger partial charge on any atom is -0.370 e. The molecule has 0 fully saturated rings. The number of rotatable bonds is 12. The molecule has 0 rings (SSSR count). The Labute approximate surface area is 127 Å². The van der Waals surface area contributed by atoms with E-state index in [1.165, 1.54) is 0 Å². The number of hydrogen-bond donors (Lipinski definition) is 0. The zero-order valence-corrected chi connectivity index (χ0v) is 15.7. The van der Waals surface area contributed by atoms with Crippen LogP contribution >= 0.6 is 0 Å². The van der Waals surface area contributed by atoms with E-state index in [1.54, 1.807) is 0 Å². The van der Waals surface area contributed by atoms with Gasteiger partial charge in [0.2, 0.25) is 0 Å². The molecule has 0 radical (unpaired) electrons. The van der Waals surface area contributed by atoms with Gasteiger partial charge in [-0.2, -0.15) is 0 Å². The van der Waals surface area contributed by atoms with Gasteiger partial charge >= 0.3 is 8.80 Å². The number of quaternary nitrogens is 1. The van der Waals surface area contributed by atoms with Gasteiger partial charge in [0.1, 0.15) is 0 Å². The molecule has 20 heavy (non-hydrogen) atoms. The monoisotopic (exact) mass is 306 g/mol. The molecule has 0 aromatic carbocycles. The molecule has 122 valence electrons. The van der Waals surface area contributed by atoms with Gasteiger partial charge in [-0.25, -0.2) is 0 Å². The zero-order valence-electron chi connectivity index (χ0n) is 14.7. The first-order chi connectivity index (χ1) is 9.37. The summed E-state index contributed by atoms with van der Waals surface area (Å²) in [5.41, 5.74) is 0.284. The van der Waals surface area contributed by atoms with Crippen molar-refractivity contribution in [1.82, 2.24) is 0 Å². The normalized spacial score (nSPS) is 14.6. The molecule has 0 saturated heterocycles. The highest BCUT2D eigenvalue weighted by Gasteiger charge is 2.56. The fourth-order valence-corrected chi connectivity index (χ4v) is 6.16. The van der Waals surface area contributed by atoms with Crippen LogP contribution < -0.4 is 0 Å². The smallest absolute Gasteiger partial charge is 0.370 e. The second-order valence-corrected chi connectivity index (χ2v) is 8.93. The highest BCUT2D eigenvalue weighted by Crippen LogP contribution is 2.25. The van der Waals surface area contributed by atoms with Crippen molar-refractivity contribution in [2.45, 2.75) is 59.0 Å². The molecule has 0 aliphatic carbocycles. The fraction of sp³-hybridized carbons (Fsp3) is 1.00. The Balaban J connectivity index is 5.28. The summed E-state index contributed by atoms with van der Waals surface area (Å²) in [6, 6.07) is 0. The van der Waals surface area contributed by atoms with E-state index in [9.17, 15) is 0 Å². The maximum Gasteiger partial charge on any atom is 0.562 e. The fourth-order valence-electron chi connectivity index (χ4n) is 2.42. The van der Waals surface area contributed by atoms with Crippen molar-refractivity contribution in [3.8, 4) is 0 Å². The molecule has 0 amide bonds. The quantitative estimate of drug-likeness (QED) is 0.409. The van der Waals surface area contributed by atoms with Crippen molar-refractivity contribution in [3.05, 3.63) is 0 Å². The van der Waals surface area contributed by atoms with Crippen molar-refractivity contribution >= 4 is 8.80 Å². The largest absolute Gasteiger partial charge is 0.562 e. The molecule has 0 heterocycles. The molecule has 0 bridgehead atoms. The summed E-state index contributed by atoms with van der Waals surface area (Å²) in [5, 5.41) is 0. The van der Waals surface area contributed by atoms with Crippen molar-refractivity contribution < 1.29 is 17.8 Å². The van der Waals surface area contributed by atoms with Crippen LogP contribution in [0, 0.1) is 0 Å². The standard InChI is InChI=1S/C15H36NO3Si/c1-8-12-17-20(18-13-9-2,19-14-10-3)15(11-4)16(5,6)7/h15H,8-14H2,1-7H3/q+1. The molecule has 0 saturated carbocycles. The van der Waals surface area contributed by atoms with Crippen LogP contribution in [-0.2, 0) is 13.3 Å². The van der Waals surface area contributed by atoms with E-state index in [0.717, 1.165) is 50.0 Å². The van der Waals surface area contributed by atoms with Gasteiger partial charge in [0.25, 0.3) is 0 Å². The molecule has 0 aliphatic rings. The van der Waals surface area contributed by atoms with Gasteiger partial charge in [-0.3, -0.25) is 0 Å². The first-order valence-electron chi connectivity index (χ1n) is 8.10. The summed E-state index contributed by atoms with van der Waals surface area (Å²) in [6.45, 7) is 10.8. The Kier molecular flexibility index (Phi) is 9.92. The SMILES string of the molecule is CCCO[Si](OCCC)(OCCC)C(CC)[N+](C)(C)C. The van der Waals surface area contributed by atoms with E-state index in [4.69, 9.17) is 13.3 Å². The predicted octanol–water partition coefficient (Wildman–Crippen LogP) is 3.23. The van der Waals surface area contributed by atoms with E-state index in [1.807, 2.05) is 0 Å². The Bertz CT molecular complexity index is 222. The number of nitrogens with zero attached hydrogens (tertiary/aromatic N) is 1. The van der Waals surface area contributed by atoms with Crippen LogP contribution in [0.15, 0.2) is 0 Å². The van der Waals surface area contributed by atoms with Gasteiger partial charge in [0.15, 0.2) is 5.67 Å². The van der Waals surface area contributed by atoms with Crippen LogP contribution in [0.2, 0.25) is 0 Å². The molecule has 0 aromatic heterocycles. The lowest BCUT2D eigenvalue weighted by Crippen LogP contribution is -2.67. The minimum absolute atomic E-state index is 0.284. The van der Waals surface area contributed by atoms with Crippen LogP contribution in [0.25, 0.3) is 0 Å². The molecule has 0 spiro atoms. The van der Waals surface area contributed by atoms with Gasteiger partial charge in [0, 0.05) is 26.2 Å². The molecule has 1 atom stereocenters. The average molecular weight is 307 g/mol. The molecule has 1 unspecified atom stereocenters. The molecule has 0 aromatic rings. The van der Waals surface area contributed by atoms with E-state index < -0.39 is 8.80 Å². The van der Waals surface area contributed by atoms with Crippen LogP contribution in [-0.4, -0.2) is 59.9 Å². The van der Waals surface area contributed by atoms with Gasteiger partial charge in [-0.05, 0) is 19.3 Å². The highest BCUT2D eigenvalue weighted by atomic mass is 28.4. The minimum atomic E-state index is -2.65. The zero-order chi connectivity index (χ0) is 15.6. The lowest BCUT2D eigenvalue weighted by atomic mass is 10.4. The van der Waals surface area contributed by atoms with E-state index in [-0.39, 0.29) is 5.67 Å². The number of hydrogen-bond acceptors (Lipinski definition) is 3. The first-order valence-corrected chi connectivity index (χ1v) is 9.91. The van der Waals surface area contributed by atoms with Crippen LogP contribution in [0.3, 0.4) is 0 Å². The Morgan fingerprint density at radius 1 is 0.750 bits per heavy atom. The topological polar surface area (TPSA) is 27.7 Å². The third kappa shape index (κ3) is 6.22. The van der Waals surface area contributed by atoms with Crippen LogP contribution in [0.5, 0.6) is 0 Å². The van der Waals surface area contributed by atoms with Crippen LogP contribution in [0.4, 0.5) is 0 Å². The van der Waals surface area contributed by atoms with Gasteiger partial charge < -0.3 is 17.8 Å². The lowest BCUT2D eigenvalue weighted by molar-refractivity contribution is -0.887. The van der Waals surface area contributed by atoms with E-state index in [0.29, 0.717) is 0 Å². The Morgan fingerprint density at radius 2 is 1.10 bits per heavy atom. The van der Waals surface area contributed by atoms with Gasteiger partial charge in [0.05, 0.1) is 21.1 Å². The van der Waals surface area contributed by atoms with Crippen molar-refractivity contribution in [2.75, 3.05) is 41.0 Å². The maximum atomic E-state index is 6.24. The molecular formula is C15H36NO3Si+. The molecule has 4 nitrogen and oxygen atoms in total. The average Bonchev–Trinajstić information content (AvgIpc) is 2.39. The predicted molar refractivity (Wildman–Crippen MR) is 86.6 cm³/mol. The van der Waals surface area contributed by atoms with Crippen molar-refractivity contribution in [2.24, 2.45) is 0 Å². The Morgan fingerprint density at radius 3 is 1.30 bits per heavy atom.